The summed E-state index contributed by atoms with van der Waals surface area (Å²) >= 11 is 0. The fourth-order valence-electron chi connectivity index (χ4n) is 0.349. The zero-order valence-electron chi connectivity index (χ0n) is 5.72. The first kappa shape index (κ1) is 8.37. The van der Waals surface area contributed by atoms with Gasteiger partial charge in [-0.2, -0.15) is 0 Å². The lowest BCUT2D eigenvalue weighted by atomic mass is 9.98. The highest BCUT2D eigenvalue weighted by Gasteiger charge is 2.24. The second-order valence-electron chi connectivity index (χ2n) is 2.00. The van der Waals surface area contributed by atoms with Gasteiger partial charge in [0.2, 0.25) is 0 Å². The van der Waals surface area contributed by atoms with Crippen LogP contribution in [0.2, 0.25) is 0 Å². The lowest BCUT2D eigenvalue weighted by molar-refractivity contribution is -0.127. The van der Waals surface area contributed by atoms with Gasteiger partial charge in [0, 0.05) is 0 Å². The Labute approximate surface area is 55.2 Å². The molecule has 2 nitrogen and oxygen atoms in total. The van der Waals surface area contributed by atoms with Crippen molar-refractivity contribution < 1.29 is 9.90 Å². The Balaban J connectivity index is 4.13. The summed E-state index contributed by atoms with van der Waals surface area (Å²) in [5.41, 5.74) is -1.33. The van der Waals surface area contributed by atoms with Gasteiger partial charge in [-0.25, -0.2) is 0 Å². The quantitative estimate of drug-likeness (QED) is 0.567. The van der Waals surface area contributed by atoms with Crippen molar-refractivity contribution in [3.05, 3.63) is 19.1 Å². The minimum Gasteiger partial charge on any atom is -0.382 e. The summed E-state index contributed by atoms with van der Waals surface area (Å²) in [5.74, 6) is -0.370. The molecule has 1 unspecified atom stereocenters. The average molecular weight is 127 g/mol. The van der Waals surface area contributed by atoms with Crippen LogP contribution < -0.4 is 0 Å². The fourth-order valence-corrected chi connectivity index (χ4v) is 0.349. The number of aliphatic hydroxyl groups is 1. The first-order valence-corrected chi connectivity index (χ1v) is 2.74. The van der Waals surface area contributed by atoms with Gasteiger partial charge in [-0.3, -0.25) is 4.79 Å². The van der Waals surface area contributed by atoms with Crippen molar-refractivity contribution in [2.24, 2.45) is 0 Å². The van der Waals surface area contributed by atoms with E-state index < -0.39 is 5.60 Å². The maximum absolute atomic E-state index is 10.7. The highest BCUT2D eigenvalue weighted by molar-refractivity contribution is 5.97. The normalized spacial score (nSPS) is 16.3. The molecule has 0 aromatic rings. The molecule has 51 valence electrons. The minimum atomic E-state index is -1.33. The number of hydrogen-bond acceptors (Lipinski definition) is 2. The van der Waals surface area contributed by atoms with Gasteiger partial charge in [-0.15, -0.1) is 0 Å². The molecule has 1 N–H and O–H groups in total. The molecule has 0 fully saturated rings. The first-order valence-electron chi connectivity index (χ1n) is 2.74. The lowest BCUT2D eigenvalue weighted by Crippen LogP contribution is -2.32. The maximum Gasteiger partial charge on any atom is 0.186 e. The summed E-state index contributed by atoms with van der Waals surface area (Å²) in [6.45, 7) is 6.30. The van der Waals surface area contributed by atoms with Crippen molar-refractivity contribution in [2.45, 2.75) is 19.4 Å². The SMILES string of the molecule is C=CC(=O)C(C)(O)[CH]C. The topological polar surface area (TPSA) is 37.3 Å². The van der Waals surface area contributed by atoms with E-state index in [-0.39, 0.29) is 5.78 Å². The van der Waals surface area contributed by atoms with Crippen molar-refractivity contribution in [1.29, 1.82) is 0 Å². The molecule has 2 heteroatoms. The molecule has 0 aromatic heterocycles. The Morgan fingerprint density at radius 2 is 2.22 bits per heavy atom. The molecule has 0 aliphatic heterocycles. The van der Waals surface area contributed by atoms with Crippen LogP contribution in [0.3, 0.4) is 0 Å². The predicted molar refractivity (Wildman–Crippen MR) is 35.8 cm³/mol. The number of ketones is 1. The van der Waals surface area contributed by atoms with Gasteiger partial charge in [-0.1, -0.05) is 13.5 Å². The van der Waals surface area contributed by atoms with Gasteiger partial charge in [-0.05, 0) is 19.4 Å². The van der Waals surface area contributed by atoms with Crippen LogP contribution in [0.5, 0.6) is 0 Å². The molecule has 0 aromatic carbocycles. The Bertz CT molecular complexity index is 125. The van der Waals surface area contributed by atoms with E-state index in [4.69, 9.17) is 5.11 Å². The van der Waals surface area contributed by atoms with Gasteiger partial charge >= 0.3 is 0 Å². The Hall–Kier alpha value is -0.630. The van der Waals surface area contributed by atoms with E-state index in [9.17, 15) is 4.79 Å². The number of hydrogen-bond donors (Lipinski definition) is 1. The van der Waals surface area contributed by atoms with Crippen LogP contribution in [-0.2, 0) is 4.79 Å². The van der Waals surface area contributed by atoms with Crippen LogP contribution in [0.15, 0.2) is 12.7 Å². The molecular weight excluding hydrogens is 116 g/mol. The zero-order chi connectivity index (χ0) is 7.49. The summed E-state index contributed by atoms with van der Waals surface area (Å²) in [7, 11) is 0. The number of rotatable bonds is 3. The maximum atomic E-state index is 10.7. The van der Waals surface area contributed by atoms with Crippen LogP contribution in [0, 0.1) is 6.42 Å². The van der Waals surface area contributed by atoms with Gasteiger partial charge < -0.3 is 5.11 Å². The first-order chi connectivity index (χ1) is 4.04. The van der Waals surface area contributed by atoms with E-state index >= 15 is 0 Å². The molecule has 0 aliphatic carbocycles. The summed E-state index contributed by atoms with van der Waals surface area (Å²) < 4.78 is 0. The van der Waals surface area contributed by atoms with Gasteiger partial charge in [0.1, 0.15) is 5.60 Å². The molecule has 1 atom stereocenters. The van der Waals surface area contributed by atoms with Crippen molar-refractivity contribution in [2.75, 3.05) is 0 Å². The Kier molecular flexibility index (Phi) is 2.59. The molecule has 0 aliphatic rings. The third-order valence-corrected chi connectivity index (χ3v) is 1.25. The van der Waals surface area contributed by atoms with Crippen molar-refractivity contribution in [1.82, 2.24) is 0 Å². The van der Waals surface area contributed by atoms with E-state index in [1.165, 1.54) is 13.3 Å². The lowest BCUT2D eigenvalue weighted by Gasteiger charge is -2.15. The Morgan fingerprint density at radius 1 is 1.78 bits per heavy atom. The van der Waals surface area contributed by atoms with E-state index in [1.807, 2.05) is 0 Å². The molecular formula is C7H11O2. The molecule has 9 heavy (non-hydrogen) atoms. The molecule has 0 bridgehead atoms. The van der Waals surface area contributed by atoms with Gasteiger partial charge in [0.25, 0.3) is 0 Å². The molecule has 0 heterocycles. The Morgan fingerprint density at radius 3 is 2.33 bits per heavy atom. The van der Waals surface area contributed by atoms with Gasteiger partial charge in [0.05, 0.1) is 0 Å². The summed E-state index contributed by atoms with van der Waals surface area (Å²) in [6, 6.07) is 0. The highest BCUT2D eigenvalue weighted by Crippen LogP contribution is 2.08. The van der Waals surface area contributed by atoms with E-state index in [2.05, 4.69) is 6.58 Å². The van der Waals surface area contributed by atoms with Gasteiger partial charge in [0.15, 0.2) is 5.78 Å². The molecule has 1 radical (unpaired) electrons. The molecule has 0 spiro atoms. The molecule has 0 amide bonds. The van der Waals surface area contributed by atoms with Crippen molar-refractivity contribution in [3.8, 4) is 0 Å². The average Bonchev–Trinajstić information content (AvgIpc) is 1.86. The summed E-state index contributed by atoms with van der Waals surface area (Å²) in [6.07, 6.45) is 2.54. The largest absolute Gasteiger partial charge is 0.382 e. The molecule has 0 rings (SSSR count). The van der Waals surface area contributed by atoms with Crippen LogP contribution in [-0.4, -0.2) is 16.5 Å². The summed E-state index contributed by atoms with van der Waals surface area (Å²) in [5, 5.41) is 9.12. The monoisotopic (exact) mass is 127 g/mol. The van der Waals surface area contributed by atoms with Crippen molar-refractivity contribution in [3.63, 3.8) is 0 Å². The second-order valence-corrected chi connectivity index (χ2v) is 2.00. The zero-order valence-corrected chi connectivity index (χ0v) is 5.72. The van der Waals surface area contributed by atoms with Crippen LogP contribution in [0.25, 0.3) is 0 Å². The highest BCUT2D eigenvalue weighted by atomic mass is 16.3. The third-order valence-electron chi connectivity index (χ3n) is 1.25. The standard InChI is InChI=1S/C7H11O2/c1-4-6(8)7(3,9)5-2/h4-5,9H,1H2,2-3H3. The second kappa shape index (κ2) is 2.78. The minimum absolute atomic E-state index is 0.370. The fraction of sp³-hybridized carbons (Fsp3) is 0.429. The number of carbonyl (C=O) groups is 1. The van der Waals surface area contributed by atoms with Crippen LogP contribution >= 0.6 is 0 Å². The summed E-state index contributed by atoms with van der Waals surface area (Å²) in [4.78, 5) is 10.7. The number of carbonyl (C=O) groups excluding carboxylic acids is 1. The van der Waals surface area contributed by atoms with E-state index in [1.54, 1.807) is 6.92 Å². The van der Waals surface area contributed by atoms with Crippen molar-refractivity contribution >= 4 is 5.78 Å². The van der Waals surface area contributed by atoms with Crippen LogP contribution in [0.1, 0.15) is 13.8 Å². The predicted octanol–water partition coefficient (Wildman–Crippen LogP) is 0.717. The van der Waals surface area contributed by atoms with E-state index in [0.29, 0.717) is 0 Å². The third kappa shape index (κ3) is 1.98. The van der Waals surface area contributed by atoms with E-state index in [0.717, 1.165) is 6.08 Å². The molecule has 0 saturated carbocycles. The molecule has 0 saturated heterocycles. The van der Waals surface area contributed by atoms with Crippen LogP contribution in [0.4, 0.5) is 0 Å². The smallest absolute Gasteiger partial charge is 0.186 e.